The summed E-state index contributed by atoms with van der Waals surface area (Å²) in [5.74, 6) is 0.681. The number of hydrogen-bond acceptors (Lipinski definition) is 3. The first-order valence-electron chi connectivity index (χ1n) is 10.4. The third-order valence-corrected chi connectivity index (χ3v) is 6.70. The molecule has 2 N–H and O–H groups in total. The van der Waals surface area contributed by atoms with Gasteiger partial charge in [0.05, 0.1) is 18.3 Å². The molecule has 0 unspecified atom stereocenters. The zero-order chi connectivity index (χ0) is 20.5. The van der Waals surface area contributed by atoms with Crippen LogP contribution in [0.2, 0.25) is 0 Å². The van der Waals surface area contributed by atoms with Gasteiger partial charge < -0.3 is 20.2 Å². The highest BCUT2D eigenvalue weighted by Gasteiger charge is 2.53. The summed E-state index contributed by atoms with van der Waals surface area (Å²) in [6.07, 6.45) is 1.13. The molecule has 2 fully saturated rings. The number of hydrogen-bond donors (Lipinski definition) is 2. The van der Waals surface area contributed by atoms with Crippen molar-refractivity contribution in [1.29, 1.82) is 0 Å². The van der Waals surface area contributed by atoms with E-state index in [-0.39, 0.29) is 46.9 Å². The van der Waals surface area contributed by atoms with Crippen molar-refractivity contribution in [2.75, 3.05) is 31.1 Å². The van der Waals surface area contributed by atoms with Gasteiger partial charge in [-0.1, -0.05) is 19.9 Å². The molecule has 0 bridgehead atoms. The Morgan fingerprint density at radius 2 is 1.90 bits per heavy atom. The highest BCUT2D eigenvalue weighted by Crippen LogP contribution is 2.46. The van der Waals surface area contributed by atoms with E-state index in [0.29, 0.717) is 38.2 Å². The molecule has 7 heteroatoms. The van der Waals surface area contributed by atoms with E-state index in [9.17, 15) is 9.50 Å². The van der Waals surface area contributed by atoms with E-state index in [1.54, 1.807) is 6.07 Å². The Labute approximate surface area is 191 Å². The first kappa shape index (κ1) is 24.2. The average molecular weight is 518 g/mol. The summed E-state index contributed by atoms with van der Waals surface area (Å²) in [7, 11) is 0. The van der Waals surface area contributed by atoms with Crippen LogP contribution in [0.3, 0.4) is 0 Å². The SMILES string of the molecule is CCNC(=NCc1ccc(N2CCC(O)CC2)c(F)c1)N1CC(C)(C)C1(C)C.I. The molecule has 3 rings (SSSR count). The van der Waals surface area contributed by atoms with Crippen LogP contribution in [0.1, 0.15) is 53.0 Å². The Kier molecular flexibility index (Phi) is 7.81. The third-order valence-electron chi connectivity index (χ3n) is 6.70. The maximum Gasteiger partial charge on any atom is 0.194 e. The van der Waals surface area contributed by atoms with Crippen LogP contribution in [-0.4, -0.2) is 53.8 Å². The lowest BCUT2D eigenvalue weighted by molar-refractivity contribution is -0.0667. The van der Waals surface area contributed by atoms with Crippen LogP contribution in [0.25, 0.3) is 0 Å². The number of likely N-dealkylation sites (tertiary alicyclic amines) is 1. The molecule has 2 heterocycles. The topological polar surface area (TPSA) is 51.1 Å². The van der Waals surface area contributed by atoms with Crippen molar-refractivity contribution < 1.29 is 9.50 Å². The lowest BCUT2D eigenvalue weighted by Gasteiger charge is -2.62. The fourth-order valence-electron chi connectivity index (χ4n) is 3.97. The molecular formula is C22H36FIN4O. The van der Waals surface area contributed by atoms with Crippen molar-refractivity contribution in [3.05, 3.63) is 29.6 Å². The van der Waals surface area contributed by atoms with Crippen molar-refractivity contribution in [2.45, 2.75) is 65.6 Å². The van der Waals surface area contributed by atoms with Gasteiger partial charge in [0.15, 0.2) is 5.96 Å². The molecule has 2 aliphatic heterocycles. The molecule has 29 heavy (non-hydrogen) atoms. The Bertz CT molecular complexity index is 730. The predicted molar refractivity (Wildman–Crippen MR) is 129 cm³/mol. The number of aliphatic imine (C=N–C) groups is 1. The highest BCUT2D eigenvalue weighted by molar-refractivity contribution is 14.0. The fourth-order valence-corrected chi connectivity index (χ4v) is 3.97. The van der Waals surface area contributed by atoms with Crippen LogP contribution in [-0.2, 0) is 6.54 Å². The van der Waals surface area contributed by atoms with E-state index in [4.69, 9.17) is 4.99 Å². The molecule has 2 saturated heterocycles. The standard InChI is InChI=1S/C22H35FN4O.HI/c1-6-24-20(27-15-21(2,3)22(27,4)5)25-14-16-7-8-19(18(23)13-16)26-11-9-17(28)10-12-26;/h7-8,13,17,28H,6,9-12,14-15H2,1-5H3,(H,24,25);1H. The number of piperidine rings is 1. The first-order valence-corrected chi connectivity index (χ1v) is 10.4. The second-order valence-corrected chi connectivity index (χ2v) is 9.20. The maximum atomic E-state index is 14.7. The molecular weight excluding hydrogens is 482 g/mol. The van der Waals surface area contributed by atoms with Gasteiger partial charge in [-0.05, 0) is 51.3 Å². The zero-order valence-electron chi connectivity index (χ0n) is 18.3. The quantitative estimate of drug-likeness (QED) is 0.360. The van der Waals surface area contributed by atoms with E-state index >= 15 is 0 Å². The van der Waals surface area contributed by atoms with Gasteiger partial charge in [-0.15, -0.1) is 24.0 Å². The molecule has 0 aliphatic carbocycles. The monoisotopic (exact) mass is 518 g/mol. The van der Waals surface area contributed by atoms with E-state index in [0.717, 1.165) is 24.6 Å². The molecule has 1 aromatic rings. The Morgan fingerprint density at radius 1 is 1.24 bits per heavy atom. The molecule has 0 radical (unpaired) electrons. The summed E-state index contributed by atoms with van der Waals surface area (Å²) in [5.41, 5.74) is 1.75. The first-order chi connectivity index (χ1) is 13.2. The number of halogens is 2. The number of guanidine groups is 1. The van der Waals surface area contributed by atoms with Crippen LogP contribution in [0.4, 0.5) is 10.1 Å². The summed E-state index contributed by atoms with van der Waals surface area (Å²) in [5, 5.41) is 13.0. The largest absolute Gasteiger partial charge is 0.393 e. The summed E-state index contributed by atoms with van der Waals surface area (Å²) in [6, 6.07) is 5.40. The second-order valence-electron chi connectivity index (χ2n) is 9.20. The van der Waals surface area contributed by atoms with Gasteiger partial charge in [0.2, 0.25) is 0 Å². The van der Waals surface area contributed by atoms with Crippen molar-refractivity contribution in [3.63, 3.8) is 0 Å². The summed E-state index contributed by atoms with van der Waals surface area (Å²) in [4.78, 5) is 9.10. The van der Waals surface area contributed by atoms with Crippen molar-refractivity contribution in [2.24, 2.45) is 10.4 Å². The third kappa shape index (κ3) is 4.98. The number of aliphatic hydroxyl groups is 1. The van der Waals surface area contributed by atoms with E-state index in [1.165, 1.54) is 0 Å². The van der Waals surface area contributed by atoms with Crippen molar-refractivity contribution in [1.82, 2.24) is 10.2 Å². The number of nitrogens with one attached hydrogen (secondary N) is 1. The van der Waals surface area contributed by atoms with Crippen LogP contribution >= 0.6 is 24.0 Å². The maximum absolute atomic E-state index is 14.7. The number of anilines is 1. The van der Waals surface area contributed by atoms with Gasteiger partial charge in [0.1, 0.15) is 5.82 Å². The van der Waals surface area contributed by atoms with Crippen molar-refractivity contribution in [3.8, 4) is 0 Å². The molecule has 2 aliphatic rings. The lowest BCUT2D eigenvalue weighted by Crippen LogP contribution is -2.72. The summed E-state index contributed by atoms with van der Waals surface area (Å²) in [6.45, 7) is 14.7. The van der Waals surface area contributed by atoms with Gasteiger partial charge >= 0.3 is 0 Å². The van der Waals surface area contributed by atoms with Crippen LogP contribution in [0.15, 0.2) is 23.2 Å². The number of aliphatic hydroxyl groups excluding tert-OH is 1. The molecule has 0 spiro atoms. The van der Waals surface area contributed by atoms with Crippen LogP contribution < -0.4 is 10.2 Å². The molecule has 0 amide bonds. The lowest BCUT2D eigenvalue weighted by atomic mass is 9.65. The minimum Gasteiger partial charge on any atom is -0.393 e. The van der Waals surface area contributed by atoms with Gasteiger partial charge in [-0.3, -0.25) is 0 Å². The van der Waals surface area contributed by atoms with Crippen molar-refractivity contribution >= 4 is 35.6 Å². The minimum atomic E-state index is -0.256. The average Bonchev–Trinajstić information content (AvgIpc) is 2.64. The van der Waals surface area contributed by atoms with Gasteiger partial charge in [-0.25, -0.2) is 9.38 Å². The fraction of sp³-hybridized carbons (Fsp3) is 0.682. The molecule has 0 saturated carbocycles. The molecule has 0 atom stereocenters. The predicted octanol–water partition coefficient (Wildman–Crippen LogP) is 3.99. The number of rotatable bonds is 4. The minimum absolute atomic E-state index is 0. The summed E-state index contributed by atoms with van der Waals surface area (Å²) >= 11 is 0. The van der Waals surface area contributed by atoms with Crippen LogP contribution in [0.5, 0.6) is 0 Å². The van der Waals surface area contributed by atoms with E-state index < -0.39 is 0 Å². The summed E-state index contributed by atoms with van der Waals surface area (Å²) < 4.78 is 14.7. The second kappa shape index (κ2) is 9.37. The normalized spacial score (nSPS) is 21.4. The number of benzene rings is 1. The Morgan fingerprint density at radius 3 is 2.41 bits per heavy atom. The van der Waals surface area contributed by atoms with Crippen LogP contribution in [0, 0.1) is 11.2 Å². The molecule has 0 aromatic heterocycles. The Balaban J connectivity index is 0.00000300. The zero-order valence-corrected chi connectivity index (χ0v) is 20.7. The Hall–Kier alpha value is -1.09. The van der Waals surface area contributed by atoms with Gasteiger partial charge in [0.25, 0.3) is 0 Å². The molecule has 164 valence electrons. The van der Waals surface area contributed by atoms with Gasteiger partial charge in [-0.2, -0.15) is 0 Å². The highest BCUT2D eigenvalue weighted by atomic mass is 127. The van der Waals surface area contributed by atoms with Gasteiger partial charge in [0, 0.05) is 37.1 Å². The van der Waals surface area contributed by atoms with E-state index in [2.05, 4.69) is 44.8 Å². The number of nitrogens with zero attached hydrogens (tertiary/aromatic N) is 3. The molecule has 5 nitrogen and oxygen atoms in total. The van der Waals surface area contributed by atoms with E-state index in [1.807, 2.05) is 17.0 Å². The smallest absolute Gasteiger partial charge is 0.194 e. The molecule has 1 aromatic carbocycles.